The molecule has 112 valence electrons. The molecule has 1 fully saturated rings. The number of carbonyl (C=O) groups is 1. The van der Waals surface area contributed by atoms with Crippen LogP contribution in [0.3, 0.4) is 0 Å². The van der Waals surface area contributed by atoms with Crippen molar-refractivity contribution in [3.05, 3.63) is 35.2 Å². The second-order valence-corrected chi connectivity index (χ2v) is 6.93. The van der Waals surface area contributed by atoms with Gasteiger partial charge in [-0.25, -0.2) is 4.79 Å². The lowest BCUT2D eigenvalue weighted by atomic mass is 10.2. The maximum absolute atomic E-state index is 12.2. The first-order valence-corrected chi connectivity index (χ1v) is 8.12. The summed E-state index contributed by atoms with van der Waals surface area (Å²) in [5.74, 6) is 0. The van der Waals surface area contributed by atoms with E-state index in [4.69, 9.17) is 0 Å². The molecule has 1 aromatic heterocycles. The molecule has 1 aliphatic rings. The molecule has 2 amide bonds. The van der Waals surface area contributed by atoms with Gasteiger partial charge in [-0.3, -0.25) is 0 Å². The topological polar surface area (TPSA) is 35.6 Å². The van der Waals surface area contributed by atoms with Crippen molar-refractivity contribution in [2.24, 2.45) is 0 Å². The van der Waals surface area contributed by atoms with E-state index in [1.165, 1.54) is 15.0 Å². The Morgan fingerprint density at radius 3 is 2.95 bits per heavy atom. The van der Waals surface area contributed by atoms with Crippen LogP contribution < -0.4 is 5.32 Å². The molecule has 0 unspecified atom stereocenters. The molecule has 2 aromatic rings. The van der Waals surface area contributed by atoms with E-state index in [-0.39, 0.29) is 6.03 Å². The first-order chi connectivity index (χ1) is 10.1. The van der Waals surface area contributed by atoms with Crippen molar-refractivity contribution < 1.29 is 4.79 Å². The molecular formula is C16H21N3OS. The number of hydrogen-bond donors (Lipinski definition) is 1. The fourth-order valence-corrected chi connectivity index (χ4v) is 3.75. The number of likely N-dealkylation sites (N-methyl/N-ethyl adjacent to an activating group) is 1. The highest BCUT2D eigenvalue weighted by Gasteiger charge is 2.27. The molecule has 0 aliphatic carbocycles. The zero-order valence-corrected chi connectivity index (χ0v) is 13.3. The minimum atomic E-state index is 0.0526. The molecule has 1 aromatic carbocycles. The summed E-state index contributed by atoms with van der Waals surface area (Å²) in [6.07, 6.45) is 1.06. The largest absolute Gasteiger partial charge is 0.333 e. The molecular weight excluding hydrogens is 282 g/mol. The Hall–Kier alpha value is -1.59. The Morgan fingerprint density at radius 1 is 1.43 bits per heavy atom. The molecule has 1 aliphatic heterocycles. The maximum Gasteiger partial charge on any atom is 0.317 e. The van der Waals surface area contributed by atoms with Crippen molar-refractivity contribution in [3.63, 3.8) is 0 Å². The van der Waals surface area contributed by atoms with Gasteiger partial charge in [0.1, 0.15) is 0 Å². The number of amides is 2. The molecule has 21 heavy (non-hydrogen) atoms. The zero-order valence-electron chi connectivity index (χ0n) is 12.5. The van der Waals surface area contributed by atoms with E-state index in [1.807, 2.05) is 17.0 Å². The lowest BCUT2D eigenvalue weighted by molar-refractivity contribution is 0.203. The zero-order chi connectivity index (χ0) is 14.8. The number of nitrogens with one attached hydrogen (secondary N) is 1. The smallest absolute Gasteiger partial charge is 0.317 e. The van der Waals surface area contributed by atoms with E-state index in [0.29, 0.717) is 12.6 Å². The second kappa shape index (κ2) is 6.03. The van der Waals surface area contributed by atoms with Crippen LogP contribution in [0.4, 0.5) is 4.79 Å². The number of benzene rings is 1. The van der Waals surface area contributed by atoms with Crippen LogP contribution >= 0.6 is 11.3 Å². The predicted molar refractivity (Wildman–Crippen MR) is 87.7 cm³/mol. The molecule has 3 rings (SSSR count). The van der Waals surface area contributed by atoms with Crippen molar-refractivity contribution in [2.75, 3.05) is 27.2 Å². The average molecular weight is 303 g/mol. The quantitative estimate of drug-likeness (QED) is 0.946. The van der Waals surface area contributed by atoms with E-state index in [0.717, 1.165) is 19.5 Å². The lowest BCUT2D eigenvalue weighted by Crippen LogP contribution is -2.40. The summed E-state index contributed by atoms with van der Waals surface area (Å²) in [6, 6.07) is 11.0. The number of carbonyl (C=O) groups excluding carboxylic acids is 1. The van der Waals surface area contributed by atoms with Crippen molar-refractivity contribution in [3.8, 4) is 0 Å². The SMILES string of the molecule is CN(C)[C@@H]1CCN(C(=O)NCc2cc3ccccc3s2)C1. The molecule has 4 nitrogen and oxygen atoms in total. The van der Waals surface area contributed by atoms with E-state index in [1.54, 1.807) is 11.3 Å². The van der Waals surface area contributed by atoms with Gasteiger partial charge < -0.3 is 15.1 Å². The van der Waals surface area contributed by atoms with Gasteiger partial charge in [-0.15, -0.1) is 11.3 Å². The van der Waals surface area contributed by atoms with Crippen LogP contribution in [0.5, 0.6) is 0 Å². The van der Waals surface area contributed by atoms with Crippen molar-refractivity contribution in [1.82, 2.24) is 15.1 Å². The number of thiophene rings is 1. The Labute approximate surface area is 129 Å². The maximum atomic E-state index is 12.2. The van der Waals surface area contributed by atoms with Gasteiger partial charge in [0.15, 0.2) is 0 Å². The van der Waals surface area contributed by atoms with Crippen molar-refractivity contribution in [1.29, 1.82) is 0 Å². The summed E-state index contributed by atoms with van der Waals surface area (Å²) >= 11 is 1.75. The normalized spacial score (nSPS) is 18.6. The van der Waals surface area contributed by atoms with Gasteiger partial charge >= 0.3 is 6.03 Å². The molecule has 2 heterocycles. The third kappa shape index (κ3) is 3.19. The summed E-state index contributed by atoms with van der Waals surface area (Å²) in [4.78, 5) is 17.5. The third-order valence-corrected chi connectivity index (χ3v) is 5.19. The summed E-state index contributed by atoms with van der Waals surface area (Å²) in [5.41, 5.74) is 0. The highest BCUT2D eigenvalue weighted by atomic mass is 32.1. The van der Waals surface area contributed by atoms with Gasteiger partial charge in [0.2, 0.25) is 0 Å². The molecule has 1 N–H and O–H groups in total. The summed E-state index contributed by atoms with van der Waals surface area (Å²) in [6.45, 7) is 2.29. The highest BCUT2D eigenvalue weighted by Crippen LogP contribution is 2.25. The first kappa shape index (κ1) is 14.4. The Kier molecular flexibility index (Phi) is 4.12. The Bertz CT molecular complexity index is 604. The number of likely N-dealkylation sites (tertiary alicyclic amines) is 1. The molecule has 1 saturated heterocycles. The number of fused-ring (bicyclic) bond motifs is 1. The number of rotatable bonds is 3. The Balaban J connectivity index is 1.56. The standard InChI is InChI=1S/C16H21N3OS/c1-18(2)13-7-8-19(11-13)16(20)17-10-14-9-12-5-3-4-6-15(12)21-14/h3-6,9,13H,7-8,10-11H2,1-2H3,(H,17,20)/t13-/m1/s1. The minimum Gasteiger partial charge on any atom is -0.333 e. The van der Waals surface area contributed by atoms with E-state index < -0.39 is 0 Å². The van der Waals surface area contributed by atoms with Crippen LogP contribution in [-0.2, 0) is 6.54 Å². The van der Waals surface area contributed by atoms with E-state index >= 15 is 0 Å². The van der Waals surface area contributed by atoms with Crippen LogP contribution in [0.25, 0.3) is 10.1 Å². The van der Waals surface area contributed by atoms with Gasteiger partial charge in [-0.1, -0.05) is 18.2 Å². The van der Waals surface area contributed by atoms with E-state index in [9.17, 15) is 4.79 Å². The average Bonchev–Trinajstić information content (AvgIpc) is 3.11. The molecule has 0 saturated carbocycles. The fraction of sp³-hybridized carbons (Fsp3) is 0.438. The molecule has 0 radical (unpaired) electrons. The summed E-state index contributed by atoms with van der Waals surface area (Å²) in [7, 11) is 4.15. The Morgan fingerprint density at radius 2 is 2.24 bits per heavy atom. The molecule has 0 spiro atoms. The summed E-state index contributed by atoms with van der Waals surface area (Å²) in [5, 5.41) is 4.29. The van der Waals surface area contributed by atoms with Gasteiger partial charge in [0.25, 0.3) is 0 Å². The second-order valence-electron chi connectivity index (χ2n) is 5.76. The number of hydrogen-bond acceptors (Lipinski definition) is 3. The lowest BCUT2D eigenvalue weighted by Gasteiger charge is -2.20. The van der Waals surface area contributed by atoms with Crippen LogP contribution in [0.15, 0.2) is 30.3 Å². The first-order valence-electron chi connectivity index (χ1n) is 7.30. The minimum absolute atomic E-state index is 0.0526. The van der Waals surface area contributed by atoms with Crippen molar-refractivity contribution >= 4 is 27.5 Å². The van der Waals surface area contributed by atoms with Crippen LogP contribution in [-0.4, -0.2) is 49.1 Å². The van der Waals surface area contributed by atoms with Crippen molar-refractivity contribution in [2.45, 2.75) is 19.0 Å². The van der Waals surface area contributed by atoms with Gasteiger partial charge in [-0.05, 0) is 38.0 Å². The van der Waals surface area contributed by atoms with Gasteiger partial charge in [0, 0.05) is 28.7 Å². The van der Waals surface area contributed by atoms with Gasteiger partial charge in [-0.2, -0.15) is 0 Å². The van der Waals surface area contributed by atoms with Crippen LogP contribution in [0.2, 0.25) is 0 Å². The van der Waals surface area contributed by atoms with Gasteiger partial charge in [0.05, 0.1) is 6.54 Å². The highest BCUT2D eigenvalue weighted by molar-refractivity contribution is 7.19. The van der Waals surface area contributed by atoms with E-state index in [2.05, 4.69) is 42.5 Å². The monoisotopic (exact) mass is 303 g/mol. The predicted octanol–water partition coefficient (Wildman–Crippen LogP) is 2.75. The van der Waals surface area contributed by atoms with Crippen LogP contribution in [0, 0.1) is 0 Å². The third-order valence-electron chi connectivity index (χ3n) is 4.07. The molecule has 5 heteroatoms. The number of urea groups is 1. The molecule has 0 bridgehead atoms. The molecule has 1 atom stereocenters. The summed E-state index contributed by atoms with van der Waals surface area (Å²) < 4.78 is 1.27. The van der Waals surface area contributed by atoms with Crippen LogP contribution in [0.1, 0.15) is 11.3 Å². The fourth-order valence-electron chi connectivity index (χ4n) is 2.75. The number of nitrogens with zero attached hydrogens (tertiary/aromatic N) is 2.